The molecule has 7 heteroatoms. The first-order chi connectivity index (χ1) is 10.0. The Morgan fingerprint density at radius 2 is 2.05 bits per heavy atom. The molecule has 0 aromatic heterocycles. The highest BCUT2D eigenvalue weighted by molar-refractivity contribution is 14.1. The predicted octanol–water partition coefficient (Wildman–Crippen LogP) is 2.10. The van der Waals surface area contributed by atoms with Crippen molar-refractivity contribution in [2.75, 3.05) is 6.54 Å². The van der Waals surface area contributed by atoms with Crippen LogP contribution in [0.1, 0.15) is 24.8 Å². The van der Waals surface area contributed by atoms with Crippen molar-refractivity contribution in [3.05, 3.63) is 33.4 Å². The molecule has 0 unspecified atom stereocenters. The number of carboxylic acids is 1. The van der Waals surface area contributed by atoms with Crippen LogP contribution < -0.4 is 11.1 Å². The lowest BCUT2D eigenvalue weighted by atomic mass is 10.1. The molecule has 0 aliphatic rings. The molecule has 0 fully saturated rings. The minimum atomic E-state index is -1.07. The molecule has 1 rings (SSSR count). The van der Waals surface area contributed by atoms with Crippen molar-refractivity contribution < 1.29 is 19.4 Å². The summed E-state index contributed by atoms with van der Waals surface area (Å²) in [6.45, 7) is 0.614. The van der Waals surface area contributed by atoms with Crippen molar-refractivity contribution in [1.82, 2.24) is 5.32 Å². The number of hydrogen-bond donors (Lipinski definition) is 3. The van der Waals surface area contributed by atoms with Gasteiger partial charge in [0.05, 0.1) is 0 Å². The van der Waals surface area contributed by atoms with Crippen LogP contribution in [0.5, 0.6) is 0 Å². The van der Waals surface area contributed by atoms with Gasteiger partial charge in [0, 0.05) is 9.13 Å². The average Bonchev–Trinajstić information content (AvgIpc) is 2.45. The largest absolute Gasteiger partial charge is 0.480 e. The normalized spacial score (nSPS) is 11.7. The summed E-state index contributed by atoms with van der Waals surface area (Å²) in [4.78, 5) is 22.7. The van der Waals surface area contributed by atoms with E-state index in [1.807, 2.05) is 24.3 Å². The number of ether oxygens (including phenoxy) is 1. The number of unbranched alkanes of at least 4 members (excludes halogenated alkanes) is 1. The number of rotatable bonds is 8. The number of hydrogen-bond acceptors (Lipinski definition) is 4. The van der Waals surface area contributed by atoms with Gasteiger partial charge < -0.3 is 20.9 Å². The number of carbonyl (C=O) groups excluding carboxylic acids is 1. The third kappa shape index (κ3) is 6.76. The Balaban J connectivity index is 2.43. The lowest BCUT2D eigenvalue weighted by Gasteiger charge is -2.14. The quantitative estimate of drug-likeness (QED) is 0.454. The summed E-state index contributed by atoms with van der Waals surface area (Å²) >= 11 is 2.15. The van der Waals surface area contributed by atoms with Gasteiger partial charge in [-0.25, -0.2) is 9.59 Å². The van der Waals surface area contributed by atoms with Gasteiger partial charge in [0.25, 0.3) is 0 Å². The molecule has 1 aromatic carbocycles. The zero-order chi connectivity index (χ0) is 15.7. The highest BCUT2D eigenvalue weighted by Gasteiger charge is 2.20. The van der Waals surface area contributed by atoms with Crippen LogP contribution in [0.3, 0.4) is 0 Å². The van der Waals surface area contributed by atoms with Crippen molar-refractivity contribution in [3.63, 3.8) is 0 Å². The smallest absolute Gasteiger partial charge is 0.408 e. The first-order valence-corrected chi connectivity index (χ1v) is 7.72. The standard InChI is InChI=1S/C14H19IN2O4/c15-11-6-2-1-5-10(11)9-21-14(20)17-12(13(18)19)7-3-4-8-16/h1-2,5-6,12H,3-4,7-9,16H2,(H,17,20)(H,18,19)/t12-/m0/s1. The van der Waals surface area contributed by atoms with E-state index in [-0.39, 0.29) is 6.61 Å². The van der Waals surface area contributed by atoms with Gasteiger partial charge in [-0.3, -0.25) is 0 Å². The molecule has 0 aliphatic heterocycles. The molecule has 1 atom stereocenters. The van der Waals surface area contributed by atoms with Gasteiger partial charge in [-0.2, -0.15) is 0 Å². The fourth-order valence-corrected chi connectivity index (χ4v) is 2.24. The van der Waals surface area contributed by atoms with Crippen LogP contribution in [-0.4, -0.2) is 29.8 Å². The van der Waals surface area contributed by atoms with Crippen LogP contribution in [0.4, 0.5) is 4.79 Å². The fraction of sp³-hybridized carbons (Fsp3) is 0.429. The molecule has 0 aliphatic carbocycles. The summed E-state index contributed by atoms with van der Waals surface area (Å²) in [5.41, 5.74) is 6.24. The molecule has 6 nitrogen and oxygen atoms in total. The van der Waals surface area contributed by atoms with E-state index in [1.54, 1.807) is 0 Å². The molecule has 0 bridgehead atoms. The topological polar surface area (TPSA) is 102 Å². The minimum absolute atomic E-state index is 0.111. The third-order valence-electron chi connectivity index (χ3n) is 2.85. The summed E-state index contributed by atoms with van der Waals surface area (Å²) in [6, 6.07) is 6.56. The molecule has 0 radical (unpaired) electrons. The van der Waals surface area contributed by atoms with Gasteiger partial charge in [0.15, 0.2) is 0 Å². The van der Waals surface area contributed by atoms with Crippen molar-refractivity contribution in [1.29, 1.82) is 0 Å². The van der Waals surface area contributed by atoms with Crippen LogP contribution >= 0.6 is 22.6 Å². The molecular weight excluding hydrogens is 387 g/mol. The predicted molar refractivity (Wildman–Crippen MR) is 86.8 cm³/mol. The maximum atomic E-state index is 11.7. The van der Waals surface area contributed by atoms with Crippen LogP contribution in [0.15, 0.2) is 24.3 Å². The van der Waals surface area contributed by atoms with Crippen LogP contribution in [0.25, 0.3) is 0 Å². The van der Waals surface area contributed by atoms with Crippen molar-refractivity contribution >= 4 is 34.7 Å². The Bertz CT molecular complexity index is 482. The number of carbonyl (C=O) groups is 2. The Kier molecular flexibility index (Phi) is 8.06. The molecular formula is C14H19IN2O4. The van der Waals surface area contributed by atoms with E-state index in [0.29, 0.717) is 19.4 Å². The second-order valence-electron chi connectivity index (χ2n) is 4.49. The van der Waals surface area contributed by atoms with Crippen molar-refractivity contribution in [2.45, 2.75) is 31.9 Å². The third-order valence-corrected chi connectivity index (χ3v) is 3.91. The summed E-state index contributed by atoms with van der Waals surface area (Å²) < 4.78 is 6.04. The Hall–Kier alpha value is -1.35. The molecule has 0 saturated carbocycles. The van der Waals surface area contributed by atoms with Gasteiger partial charge in [-0.05, 0) is 54.5 Å². The summed E-state index contributed by atoms with van der Waals surface area (Å²) in [5.74, 6) is -1.07. The summed E-state index contributed by atoms with van der Waals surface area (Å²) in [5, 5.41) is 11.4. The maximum Gasteiger partial charge on any atom is 0.408 e. The lowest BCUT2D eigenvalue weighted by Crippen LogP contribution is -2.41. The molecule has 0 saturated heterocycles. The van der Waals surface area contributed by atoms with Gasteiger partial charge in [-0.15, -0.1) is 0 Å². The number of nitrogens with two attached hydrogens (primary N) is 1. The lowest BCUT2D eigenvalue weighted by molar-refractivity contribution is -0.139. The van der Waals surface area contributed by atoms with Gasteiger partial charge in [-0.1, -0.05) is 18.2 Å². The van der Waals surface area contributed by atoms with Crippen LogP contribution in [-0.2, 0) is 16.1 Å². The average molecular weight is 406 g/mol. The fourth-order valence-electron chi connectivity index (χ4n) is 1.69. The molecule has 21 heavy (non-hydrogen) atoms. The molecule has 0 heterocycles. The molecule has 1 amide bonds. The highest BCUT2D eigenvalue weighted by atomic mass is 127. The second-order valence-corrected chi connectivity index (χ2v) is 5.65. The van der Waals surface area contributed by atoms with Crippen LogP contribution in [0.2, 0.25) is 0 Å². The van der Waals surface area contributed by atoms with E-state index in [1.165, 1.54) is 0 Å². The van der Waals surface area contributed by atoms with Crippen molar-refractivity contribution in [3.8, 4) is 0 Å². The zero-order valence-corrected chi connectivity index (χ0v) is 13.7. The van der Waals surface area contributed by atoms with E-state index in [9.17, 15) is 9.59 Å². The zero-order valence-electron chi connectivity index (χ0n) is 11.5. The number of carboxylic acid groups (broad SMARTS) is 1. The van der Waals surface area contributed by atoms with Gasteiger partial charge >= 0.3 is 12.1 Å². The number of amides is 1. The molecule has 0 spiro atoms. The number of benzene rings is 1. The first-order valence-electron chi connectivity index (χ1n) is 6.64. The number of nitrogens with one attached hydrogen (secondary N) is 1. The van der Waals surface area contributed by atoms with Gasteiger partial charge in [0.1, 0.15) is 12.6 Å². The van der Waals surface area contributed by atoms with E-state index in [0.717, 1.165) is 15.6 Å². The Labute approximate surface area is 137 Å². The maximum absolute atomic E-state index is 11.7. The van der Waals surface area contributed by atoms with E-state index in [4.69, 9.17) is 15.6 Å². The van der Waals surface area contributed by atoms with Crippen LogP contribution in [0, 0.1) is 3.57 Å². The van der Waals surface area contributed by atoms with E-state index in [2.05, 4.69) is 27.9 Å². The van der Waals surface area contributed by atoms with E-state index >= 15 is 0 Å². The van der Waals surface area contributed by atoms with E-state index < -0.39 is 18.1 Å². The molecule has 4 N–H and O–H groups in total. The van der Waals surface area contributed by atoms with Crippen molar-refractivity contribution in [2.24, 2.45) is 5.73 Å². The SMILES string of the molecule is NCCCC[C@H](NC(=O)OCc1ccccc1I)C(=O)O. The van der Waals surface area contributed by atoms with Gasteiger partial charge in [0.2, 0.25) is 0 Å². The summed E-state index contributed by atoms with van der Waals surface area (Å²) in [7, 11) is 0. The summed E-state index contributed by atoms with van der Waals surface area (Å²) in [6.07, 6.45) is 0.979. The number of halogens is 1. The first kappa shape index (κ1) is 17.7. The monoisotopic (exact) mass is 406 g/mol. The minimum Gasteiger partial charge on any atom is -0.480 e. The molecule has 1 aromatic rings. The molecule has 116 valence electrons. The number of alkyl carbamates (subject to hydrolysis) is 1. The Morgan fingerprint density at radius 1 is 1.33 bits per heavy atom. The number of aliphatic carboxylic acids is 1. The Morgan fingerprint density at radius 3 is 2.67 bits per heavy atom. The highest BCUT2D eigenvalue weighted by Crippen LogP contribution is 2.12. The second kappa shape index (κ2) is 9.56.